The van der Waals surface area contributed by atoms with E-state index in [4.69, 9.17) is 4.74 Å². The maximum absolute atomic E-state index is 13.2. The molecule has 6 heteroatoms. The van der Waals surface area contributed by atoms with E-state index < -0.39 is 6.04 Å². The summed E-state index contributed by atoms with van der Waals surface area (Å²) in [5, 5.41) is 2.95. The minimum absolute atomic E-state index is 0.0198. The van der Waals surface area contributed by atoms with Crippen molar-refractivity contribution in [1.82, 2.24) is 9.88 Å². The van der Waals surface area contributed by atoms with Crippen LogP contribution in [0.3, 0.4) is 0 Å². The van der Waals surface area contributed by atoms with Crippen LogP contribution in [0.25, 0.3) is 0 Å². The van der Waals surface area contributed by atoms with Gasteiger partial charge in [-0.15, -0.1) is 0 Å². The van der Waals surface area contributed by atoms with Crippen LogP contribution in [0.1, 0.15) is 30.9 Å². The third kappa shape index (κ3) is 4.66. The van der Waals surface area contributed by atoms with Gasteiger partial charge in [0.1, 0.15) is 17.5 Å². The monoisotopic (exact) mass is 401 g/mol. The molecule has 0 bridgehead atoms. The molecule has 6 nitrogen and oxygen atoms in total. The predicted octanol–water partition coefficient (Wildman–Crippen LogP) is 4.57. The maximum atomic E-state index is 13.2. The second-order valence-electron chi connectivity index (χ2n) is 7.16. The van der Waals surface area contributed by atoms with E-state index in [2.05, 4.69) is 10.3 Å². The number of nitrogens with zero attached hydrogens (tertiary/aromatic N) is 2. The van der Waals surface area contributed by atoms with Crippen LogP contribution in [0.4, 0.5) is 5.69 Å². The van der Waals surface area contributed by atoms with Gasteiger partial charge in [-0.3, -0.25) is 14.6 Å². The van der Waals surface area contributed by atoms with Crippen LogP contribution in [0, 0.1) is 0 Å². The van der Waals surface area contributed by atoms with E-state index in [9.17, 15) is 9.59 Å². The molecule has 1 N–H and O–H groups in total. The lowest BCUT2D eigenvalue weighted by atomic mass is 10.0. The van der Waals surface area contributed by atoms with E-state index in [0.717, 1.165) is 18.4 Å². The highest BCUT2D eigenvalue weighted by Crippen LogP contribution is 2.28. The number of ether oxygens (including phenoxy) is 1. The number of carbonyl (C=O) groups is 2. The summed E-state index contributed by atoms with van der Waals surface area (Å²) in [5.74, 6) is 1.14. The SMILES string of the molecule is O=C(Nc1ccc(Oc2ccncc2)cc1)C(c1ccccc1)N1CCCCC1=O. The molecule has 152 valence electrons. The number of likely N-dealkylation sites (tertiary alicyclic amines) is 1. The third-order valence-electron chi connectivity index (χ3n) is 5.04. The van der Waals surface area contributed by atoms with E-state index in [1.165, 1.54) is 0 Å². The standard InChI is InChI=1S/C24H23N3O3/c28-22-8-4-5-17-27(22)23(18-6-2-1-3-7-18)24(29)26-19-9-11-20(12-10-19)30-21-13-15-25-16-14-21/h1-3,6-7,9-16,23H,4-5,8,17H2,(H,26,29). The Hall–Kier alpha value is -3.67. The van der Waals surface area contributed by atoms with Crippen LogP contribution >= 0.6 is 0 Å². The molecule has 1 aliphatic heterocycles. The first-order chi connectivity index (χ1) is 14.7. The van der Waals surface area contributed by atoms with Gasteiger partial charge in [0.05, 0.1) is 0 Å². The minimum Gasteiger partial charge on any atom is -0.457 e. The first-order valence-corrected chi connectivity index (χ1v) is 10.0. The molecular weight excluding hydrogens is 378 g/mol. The lowest BCUT2D eigenvalue weighted by Crippen LogP contribution is -2.43. The summed E-state index contributed by atoms with van der Waals surface area (Å²) in [6.45, 7) is 0.588. The number of piperidine rings is 1. The zero-order valence-corrected chi connectivity index (χ0v) is 16.5. The highest BCUT2D eigenvalue weighted by atomic mass is 16.5. The number of anilines is 1. The predicted molar refractivity (Wildman–Crippen MR) is 114 cm³/mol. The van der Waals surface area contributed by atoms with Crippen molar-refractivity contribution in [3.8, 4) is 11.5 Å². The summed E-state index contributed by atoms with van der Waals surface area (Å²) in [5.41, 5.74) is 1.45. The Morgan fingerprint density at radius 3 is 2.33 bits per heavy atom. The van der Waals surface area contributed by atoms with Crippen LogP contribution < -0.4 is 10.1 Å². The molecule has 1 aliphatic rings. The highest BCUT2D eigenvalue weighted by Gasteiger charge is 2.32. The minimum atomic E-state index is -0.647. The van der Waals surface area contributed by atoms with Gasteiger partial charge in [-0.05, 0) is 54.8 Å². The molecule has 1 unspecified atom stereocenters. The van der Waals surface area contributed by atoms with E-state index >= 15 is 0 Å². The molecule has 0 saturated carbocycles. The third-order valence-corrected chi connectivity index (χ3v) is 5.04. The summed E-state index contributed by atoms with van der Waals surface area (Å²) in [6, 6.07) is 19.5. The number of amides is 2. The number of hydrogen-bond acceptors (Lipinski definition) is 4. The van der Waals surface area contributed by atoms with Gasteiger partial charge in [0.2, 0.25) is 5.91 Å². The smallest absolute Gasteiger partial charge is 0.251 e. The topological polar surface area (TPSA) is 71.5 Å². The zero-order chi connectivity index (χ0) is 20.8. The Balaban J connectivity index is 1.50. The lowest BCUT2D eigenvalue weighted by Gasteiger charge is -2.34. The van der Waals surface area contributed by atoms with Gasteiger partial charge in [0, 0.05) is 31.0 Å². The van der Waals surface area contributed by atoms with E-state index in [-0.39, 0.29) is 11.8 Å². The lowest BCUT2D eigenvalue weighted by molar-refractivity contribution is -0.141. The molecule has 30 heavy (non-hydrogen) atoms. The number of nitrogens with one attached hydrogen (secondary N) is 1. The van der Waals surface area contributed by atoms with Crippen molar-refractivity contribution in [2.75, 3.05) is 11.9 Å². The van der Waals surface area contributed by atoms with Crippen molar-refractivity contribution in [3.63, 3.8) is 0 Å². The van der Waals surface area contributed by atoms with Gasteiger partial charge >= 0.3 is 0 Å². The van der Waals surface area contributed by atoms with Gasteiger partial charge in [0.15, 0.2) is 0 Å². The van der Waals surface area contributed by atoms with Crippen molar-refractivity contribution >= 4 is 17.5 Å². The summed E-state index contributed by atoms with van der Waals surface area (Å²) >= 11 is 0. The number of carbonyl (C=O) groups excluding carboxylic acids is 2. The molecule has 3 aromatic rings. The number of rotatable bonds is 6. The molecule has 1 aromatic heterocycles. The Morgan fingerprint density at radius 2 is 1.63 bits per heavy atom. The molecule has 2 heterocycles. The van der Waals surface area contributed by atoms with Crippen molar-refractivity contribution in [1.29, 1.82) is 0 Å². The van der Waals surface area contributed by atoms with Crippen LogP contribution in [-0.4, -0.2) is 28.2 Å². The van der Waals surface area contributed by atoms with E-state index in [0.29, 0.717) is 30.2 Å². The van der Waals surface area contributed by atoms with Crippen molar-refractivity contribution in [3.05, 3.63) is 84.7 Å². The summed E-state index contributed by atoms with van der Waals surface area (Å²) in [4.78, 5) is 31.4. The number of benzene rings is 2. The normalized spacial score (nSPS) is 14.8. The molecule has 1 saturated heterocycles. The van der Waals surface area contributed by atoms with Crippen LogP contribution in [-0.2, 0) is 9.59 Å². The Morgan fingerprint density at radius 1 is 0.933 bits per heavy atom. The average Bonchev–Trinajstić information content (AvgIpc) is 2.78. The molecule has 2 aromatic carbocycles. The van der Waals surface area contributed by atoms with E-state index in [1.54, 1.807) is 53.7 Å². The van der Waals surface area contributed by atoms with Crippen molar-refractivity contribution < 1.29 is 14.3 Å². The molecule has 0 aliphatic carbocycles. The molecule has 0 radical (unpaired) electrons. The molecule has 1 fully saturated rings. The second-order valence-corrected chi connectivity index (χ2v) is 7.16. The molecule has 4 rings (SSSR count). The van der Waals surface area contributed by atoms with Crippen molar-refractivity contribution in [2.45, 2.75) is 25.3 Å². The van der Waals surface area contributed by atoms with E-state index in [1.807, 2.05) is 30.3 Å². The number of pyridine rings is 1. The quantitative estimate of drug-likeness (QED) is 0.657. The highest BCUT2D eigenvalue weighted by molar-refractivity contribution is 5.98. The fourth-order valence-electron chi connectivity index (χ4n) is 3.57. The first kappa shape index (κ1) is 19.6. The summed E-state index contributed by atoms with van der Waals surface area (Å²) < 4.78 is 5.76. The Kier molecular flexibility index (Phi) is 6.03. The van der Waals surface area contributed by atoms with Crippen LogP contribution in [0.15, 0.2) is 79.1 Å². The van der Waals surface area contributed by atoms with Gasteiger partial charge in [-0.2, -0.15) is 0 Å². The number of aromatic nitrogens is 1. The van der Waals surface area contributed by atoms with Gasteiger partial charge in [0.25, 0.3) is 5.91 Å². The first-order valence-electron chi connectivity index (χ1n) is 10.0. The molecule has 2 amide bonds. The summed E-state index contributed by atoms with van der Waals surface area (Å²) in [6.07, 6.45) is 5.59. The summed E-state index contributed by atoms with van der Waals surface area (Å²) in [7, 11) is 0. The van der Waals surface area contributed by atoms with Crippen molar-refractivity contribution in [2.24, 2.45) is 0 Å². The Bertz CT molecular complexity index is 991. The fourth-order valence-corrected chi connectivity index (χ4v) is 3.57. The zero-order valence-electron chi connectivity index (χ0n) is 16.5. The molecule has 1 atom stereocenters. The van der Waals surface area contributed by atoms with Gasteiger partial charge in [-0.25, -0.2) is 0 Å². The fraction of sp³-hybridized carbons (Fsp3) is 0.208. The average molecular weight is 401 g/mol. The van der Waals surface area contributed by atoms with Gasteiger partial charge < -0.3 is 15.0 Å². The largest absolute Gasteiger partial charge is 0.457 e. The Labute approximate surface area is 175 Å². The molecule has 0 spiro atoms. The van der Waals surface area contributed by atoms with Crippen LogP contribution in [0.2, 0.25) is 0 Å². The second kappa shape index (κ2) is 9.22. The number of hydrogen-bond donors (Lipinski definition) is 1. The van der Waals surface area contributed by atoms with Crippen LogP contribution in [0.5, 0.6) is 11.5 Å². The molecular formula is C24H23N3O3. The maximum Gasteiger partial charge on any atom is 0.251 e. The van der Waals surface area contributed by atoms with Gasteiger partial charge in [-0.1, -0.05) is 30.3 Å².